The van der Waals surface area contributed by atoms with Gasteiger partial charge < -0.3 is 20.5 Å². The van der Waals surface area contributed by atoms with Gasteiger partial charge in [0.2, 0.25) is 0 Å². The molecule has 3 rings (SSSR count). The van der Waals surface area contributed by atoms with Crippen LogP contribution < -0.4 is 20.5 Å². The summed E-state index contributed by atoms with van der Waals surface area (Å²) in [7, 11) is 3.11. The zero-order chi connectivity index (χ0) is 18.4. The van der Waals surface area contributed by atoms with Crippen molar-refractivity contribution in [2.45, 2.75) is 0 Å². The van der Waals surface area contributed by atoms with Crippen LogP contribution in [-0.4, -0.2) is 14.2 Å². The number of nitrogen functional groups attached to an aromatic ring is 1. The fourth-order valence-corrected chi connectivity index (χ4v) is 2.39. The van der Waals surface area contributed by atoms with Crippen LogP contribution in [-0.2, 0) is 0 Å². The second-order valence-electron chi connectivity index (χ2n) is 5.50. The SMILES string of the molecule is COc1cc(N=Nc2ccc(Nc3ccccc3)cc2)c(OC)cc1N. The molecule has 0 fully saturated rings. The van der Waals surface area contributed by atoms with Crippen molar-refractivity contribution in [2.75, 3.05) is 25.3 Å². The number of anilines is 3. The molecule has 6 nitrogen and oxygen atoms in total. The Kier molecular flexibility index (Phi) is 5.34. The van der Waals surface area contributed by atoms with Crippen molar-refractivity contribution < 1.29 is 9.47 Å². The molecule has 3 aromatic rings. The van der Waals surface area contributed by atoms with E-state index in [1.54, 1.807) is 26.4 Å². The number of azo groups is 1. The van der Waals surface area contributed by atoms with Crippen LogP contribution in [0.3, 0.4) is 0 Å². The molecule has 0 unspecified atom stereocenters. The largest absolute Gasteiger partial charge is 0.495 e. The fraction of sp³-hybridized carbons (Fsp3) is 0.100. The van der Waals surface area contributed by atoms with Crippen LogP contribution in [0.4, 0.5) is 28.4 Å². The lowest BCUT2D eigenvalue weighted by Gasteiger charge is -2.09. The Bertz CT molecular complexity index is 894. The molecule has 0 bridgehead atoms. The van der Waals surface area contributed by atoms with Crippen LogP contribution in [0.1, 0.15) is 0 Å². The molecule has 3 N–H and O–H groups in total. The molecule has 6 heteroatoms. The Morgan fingerprint density at radius 3 is 2.08 bits per heavy atom. The van der Waals surface area contributed by atoms with Gasteiger partial charge in [-0.25, -0.2) is 0 Å². The summed E-state index contributed by atoms with van der Waals surface area (Å²) in [5, 5.41) is 11.8. The molecule has 0 atom stereocenters. The minimum atomic E-state index is 0.486. The van der Waals surface area contributed by atoms with Crippen molar-refractivity contribution in [3.63, 3.8) is 0 Å². The lowest BCUT2D eigenvalue weighted by molar-refractivity contribution is 0.406. The van der Waals surface area contributed by atoms with Gasteiger partial charge in [0.1, 0.15) is 17.2 Å². The molecule has 0 aliphatic rings. The molecule has 0 saturated heterocycles. The molecule has 0 heterocycles. The van der Waals surface area contributed by atoms with Crippen molar-refractivity contribution in [3.05, 3.63) is 66.7 Å². The molecule has 132 valence electrons. The molecule has 0 aromatic heterocycles. The number of methoxy groups -OCH3 is 2. The quantitative estimate of drug-likeness (QED) is 0.459. The number of rotatable bonds is 6. The monoisotopic (exact) mass is 348 g/mol. The van der Waals surface area contributed by atoms with Gasteiger partial charge in [-0.1, -0.05) is 18.2 Å². The molecule has 26 heavy (non-hydrogen) atoms. The van der Waals surface area contributed by atoms with Gasteiger partial charge in [-0.15, -0.1) is 5.11 Å². The van der Waals surface area contributed by atoms with Gasteiger partial charge in [0.05, 0.1) is 25.6 Å². The lowest BCUT2D eigenvalue weighted by Crippen LogP contribution is -1.93. The highest BCUT2D eigenvalue weighted by atomic mass is 16.5. The lowest BCUT2D eigenvalue weighted by atomic mass is 10.2. The predicted molar refractivity (Wildman–Crippen MR) is 104 cm³/mol. The van der Waals surface area contributed by atoms with Gasteiger partial charge in [0.15, 0.2) is 0 Å². The Morgan fingerprint density at radius 1 is 0.769 bits per heavy atom. The van der Waals surface area contributed by atoms with Gasteiger partial charge in [-0.3, -0.25) is 0 Å². The third-order valence-corrected chi connectivity index (χ3v) is 3.73. The summed E-state index contributed by atoms with van der Waals surface area (Å²) >= 11 is 0. The zero-order valence-corrected chi connectivity index (χ0v) is 14.6. The van der Waals surface area contributed by atoms with E-state index in [9.17, 15) is 0 Å². The first-order valence-electron chi connectivity index (χ1n) is 8.05. The highest BCUT2D eigenvalue weighted by molar-refractivity contribution is 5.67. The molecule has 0 saturated carbocycles. The maximum atomic E-state index is 5.88. The average molecular weight is 348 g/mol. The van der Waals surface area contributed by atoms with Gasteiger partial charge in [-0.2, -0.15) is 5.11 Å². The molecule has 0 aliphatic heterocycles. The van der Waals surface area contributed by atoms with Gasteiger partial charge in [0.25, 0.3) is 0 Å². The predicted octanol–water partition coefficient (Wildman–Crippen LogP) is 5.45. The number of hydrogen-bond acceptors (Lipinski definition) is 6. The topological polar surface area (TPSA) is 81.2 Å². The molecule has 0 radical (unpaired) electrons. The highest BCUT2D eigenvalue weighted by Crippen LogP contribution is 2.37. The summed E-state index contributed by atoms with van der Waals surface area (Å²) in [5.41, 5.74) is 9.64. The van der Waals surface area contributed by atoms with Gasteiger partial charge >= 0.3 is 0 Å². The van der Waals surface area contributed by atoms with Crippen LogP contribution in [0.5, 0.6) is 11.5 Å². The Morgan fingerprint density at radius 2 is 1.42 bits per heavy atom. The minimum absolute atomic E-state index is 0.486. The van der Waals surface area contributed by atoms with Gasteiger partial charge in [-0.05, 0) is 36.4 Å². The van der Waals surface area contributed by atoms with E-state index in [-0.39, 0.29) is 0 Å². The third-order valence-electron chi connectivity index (χ3n) is 3.73. The maximum absolute atomic E-state index is 5.88. The summed E-state index contributed by atoms with van der Waals surface area (Å²) in [6.45, 7) is 0. The summed E-state index contributed by atoms with van der Waals surface area (Å²) in [6, 6.07) is 21.0. The number of hydrogen-bond donors (Lipinski definition) is 2. The van der Waals surface area contributed by atoms with E-state index < -0.39 is 0 Å². The highest BCUT2D eigenvalue weighted by Gasteiger charge is 2.08. The summed E-state index contributed by atoms with van der Waals surface area (Å²) in [4.78, 5) is 0. The second kappa shape index (κ2) is 8.02. The van der Waals surface area contributed by atoms with E-state index in [4.69, 9.17) is 15.2 Å². The van der Waals surface area contributed by atoms with E-state index >= 15 is 0 Å². The van der Waals surface area contributed by atoms with Crippen LogP contribution >= 0.6 is 0 Å². The van der Waals surface area contributed by atoms with E-state index in [0.29, 0.717) is 22.9 Å². The normalized spacial score (nSPS) is 10.7. The molecule has 0 amide bonds. The van der Waals surface area contributed by atoms with Crippen molar-refractivity contribution >= 4 is 28.4 Å². The molecular weight excluding hydrogens is 328 g/mol. The van der Waals surface area contributed by atoms with Crippen molar-refractivity contribution in [2.24, 2.45) is 10.2 Å². The maximum Gasteiger partial charge on any atom is 0.148 e. The molecular formula is C20H20N4O2. The number of ether oxygens (including phenoxy) is 2. The molecule has 3 aromatic carbocycles. The van der Waals surface area contributed by atoms with Crippen molar-refractivity contribution in [1.29, 1.82) is 0 Å². The van der Waals surface area contributed by atoms with Crippen LogP contribution in [0, 0.1) is 0 Å². The first kappa shape index (κ1) is 17.3. The summed E-state index contributed by atoms with van der Waals surface area (Å²) in [5.74, 6) is 1.07. The van der Waals surface area contributed by atoms with Crippen molar-refractivity contribution in [3.8, 4) is 11.5 Å². The van der Waals surface area contributed by atoms with Crippen LogP contribution in [0.25, 0.3) is 0 Å². The number of benzene rings is 3. The van der Waals surface area contributed by atoms with E-state index in [1.165, 1.54) is 0 Å². The van der Waals surface area contributed by atoms with E-state index in [1.807, 2.05) is 54.6 Å². The summed E-state index contributed by atoms with van der Waals surface area (Å²) in [6.07, 6.45) is 0. The number of nitrogens with zero attached hydrogens (tertiary/aromatic N) is 2. The minimum Gasteiger partial charge on any atom is -0.495 e. The molecule has 0 spiro atoms. The first-order chi connectivity index (χ1) is 12.7. The average Bonchev–Trinajstić information content (AvgIpc) is 2.68. The Hall–Kier alpha value is -3.54. The smallest absolute Gasteiger partial charge is 0.148 e. The zero-order valence-electron chi connectivity index (χ0n) is 14.6. The molecule has 0 aliphatic carbocycles. The van der Waals surface area contributed by atoms with Crippen LogP contribution in [0.15, 0.2) is 77.0 Å². The van der Waals surface area contributed by atoms with Crippen molar-refractivity contribution in [1.82, 2.24) is 0 Å². The van der Waals surface area contributed by atoms with Gasteiger partial charge in [0, 0.05) is 23.5 Å². The first-order valence-corrected chi connectivity index (χ1v) is 8.05. The summed E-state index contributed by atoms with van der Waals surface area (Å²) < 4.78 is 10.5. The van der Waals surface area contributed by atoms with Crippen LogP contribution in [0.2, 0.25) is 0 Å². The number of para-hydroxylation sites is 1. The van der Waals surface area contributed by atoms with E-state index in [0.717, 1.165) is 17.1 Å². The standard InChI is InChI=1S/C20H20N4O2/c1-25-19-13-18(20(26-2)12-17(19)21)24-23-16-10-8-15(9-11-16)22-14-6-4-3-5-7-14/h3-13,22H,21H2,1-2H3. The van der Waals surface area contributed by atoms with E-state index in [2.05, 4.69) is 15.5 Å². The number of nitrogens with one attached hydrogen (secondary N) is 1. The Balaban J connectivity index is 1.76. The fourth-order valence-electron chi connectivity index (χ4n) is 2.39. The second-order valence-corrected chi connectivity index (χ2v) is 5.50. The Labute approximate surface area is 152 Å². The number of nitrogens with two attached hydrogens (primary N) is 1. The third kappa shape index (κ3) is 4.10.